The Morgan fingerprint density at radius 2 is 2.16 bits per heavy atom. The predicted molar refractivity (Wildman–Crippen MR) is 75.8 cm³/mol. The zero-order valence-electron chi connectivity index (χ0n) is 11.3. The van der Waals surface area contributed by atoms with Crippen LogP contribution < -0.4 is 0 Å². The Balaban J connectivity index is 1.89. The predicted octanol–water partition coefficient (Wildman–Crippen LogP) is 3.75. The molecular weight excluding hydrogens is 238 g/mol. The fraction of sp³-hybridized carbons (Fsp3) is 0.438. The molecular formula is C16H21NO2. The lowest BCUT2D eigenvalue weighted by Gasteiger charge is -2.34. The van der Waals surface area contributed by atoms with Gasteiger partial charge in [0.2, 0.25) is 0 Å². The van der Waals surface area contributed by atoms with Crippen molar-refractivity contribution in [1.29, 1.82) is 0 Å². The first-order valence-electron chi connectivity index (χ1n) is 6.89. The minimum Gasteiger partial charge on any atom is -0.445 e. The normalized spacial score (nSPS) is 18.9. The lowest BCUT2D eigenvalue weighted by atomic mass is 10.00. The summed E-state index contributed by atoms with van der Waals surface area (Å²) in [4.78, 5) is 14.0. The molecule has 0 aromatic heterocycles. The van der Waals surface area contributed by atoms with Gasteiger partial charge < -0.3 is 9.64 Å². The number of likely N-dealkylation sites (tertiary alicyclic amines) is 1. The molecule has 1 amide bonds. The van der Waals surface area contributed by atoms with Crippen molar-refractivity contribution in [3.8, 4) is 0 Å². The number of carbonyl (C=O) groups excluding carboxylic acids is 1. The van der Waals surface area contributed by atoms with Gasteiger partial charge >= 0.3 is 6.09 Å². The largest absolute Gasteiger partial charge is 0.445 e. The molecule has 1 atom stereocenters. The van der Waals surface area contributed by atoms with Gasteiger partial charge in [-0.05, 0) is 31.2 Å². The van der Waals surface area contributed by atoms with E-state index in [1.807, 2.05) is 41.3 Å². The highest BCUT2D eigenvalue weighted by atomic mass is 16.6. The average molecular weight is 259 g/mol. The highest BCUT2D eigenvalue weighted by molar-refractivity contribution is 5.68. The topological polar surface area (TPSA) is 29.5 Å². The summed E-state index contributed by atoms with van der Waals surface area (Å²) < 4.78 is 5.40. The molecule has 0 unspecified atom stereocenters. The van der Waals surface area contributed by atoms with Gasteiger partial charge in [-0.3, -0.25) is 0 Å². The molecule has 0 spiro atoms. The first kappa shape index (κ1) is 13.7. The Morgan fingerprint density at radius 3 is 2.89 bits per heavy atom. The molecule has 1 aromatic carbocycles. The molecule has 3 nitrogen and oxygen atoms in total. The molecule has 0 radical (unpaired) electrons. The van der Waals surface area contributed by atoms with E-state index in [2.05, 4.69) is 6.58 Å². The molecule has 0 N–H and O–H groups in total. The molecule has 1 aliphatic rings. The second-order valence-corrected chi connectivity index (χ2v) is 4.91. The van der Waals surface area contributed by atoms with Gasteiger partial charge in [0, 0.05) is 12.6 Å². The Bertz CT molecular complexity index is 416. The number of piperidine rings is 1. The summed E-state index contributed by atoms with van der Waals surface area (Å²) >= 11 is 0. The van der Waals surface area contributed by atoms with Crippen molar-refractivity contribution < 1.29 is 9.53 Å². The van der Waals surface area contributed by atoms with Crippen molar-refractivity contribution in [1.82, 2.24) is 4.90 Å². The van der Waals surface area contributed by atoms with E-state index in [4.69, 9.17) is 4.74 Å². The van der Waals surface area contributed by atoms with Crippen molar-refractivity contribution in [2.24, 2.45) is 0 Å². The van der Waals surface area contributed by atoms with Crippen molar-refractivity contribution in [2.75, 3.05) is 6.54 Å². The fourth-order valence-corrected chi connectivity index (χ4v) is 2.48. The van der Waals surface area contributed by atoms with Gasteiger partial charge in [-0.2, -0.15) is 0 Å². The number of hydrogen-bond acceptors (Lipinski definition) is 2. The summed E-state index contributed by atoms with van der Waals surface area (Å²) in [5.41, 5.74) is 1.02. The maximum Gasteiger partial charge on any atom is 0.410 e. The van der Waals surface area contributed by atoms with Crippen molar-refractivity contribution in [2.45, 2.75) is 38.3 Å². The molecule has 1 fully saturated rings. The summed E-state index contributed by atoms with van der Waals surface area (Å²) in [5.74, 6) is 0. The minimum atomic E-state index is -0.199. The maximum atomic E-state index is 12.1. The van der Waals surface area contributed by atoms with E-state index in [0.717, 1.165) is 31.4 Å². The highest BCUT2D eigenvalue weighted by Crippen LogP contribution is 2.21. The third-order valence-corrected chi connectivity index (χ3v) is 3.51. The van der Waals surface area contributed by atoms with Crippen LogP contribution >= 0.6 is 0 Å². The molecule has 102 valence electrons. The van der Waals surface area contributed by atoms with Crippen LogP contribution in [0.2, 0.25) is 0 Å². The summed E-state index contributed by atoms with van der Waals surface area (Å²) in [6.45, 7) is 4.91. The number of nitrogens with zero attached hydrogens (tertiary/aromatic N) is 1. The molecule has 2 rings (SSSR count). The number of amides is 1. The summed E-state index contributed by atoms with van der Waals surface area (Å²) in [7, 11) is 0. The third-order valence-electron chi connectivity index (χ3n) is 3.51. The smallest absolute Gasteiger partial charge is 0.410 e. The van der Waals surface area contributed by atoms with Gasteiger partial charge in [-0.25, -0.2) is 4.79 Å². The van der Waals surface area contributed by atoms with E-state index >= 15 is 0 Å². The van der Waals surface area contributed by atoms with Gasteiger partial charge in [0.1, 0.15) is 6.61 Å². The van der Waals surface area contributed by atoms with Crippen LogP contribution in [0, 0.1) is 0 Å². The zero-order chi connectivity index (χ0) is 13.5. The molecule has 1 saturated heterocycles. The molecule has 3 heteroatoms. The van der Waals surface area contributed by atoms with Crippen LogP contribution in [0.4, 0.5) is 4.79 Å². The van der Waals surface area contributed by atoms with Crippen molar-refractivity contribution in [3.63, 3.8) is 0 Å². The van der Waals surface area contributed by atoms with E-state index < -0.39 is 0 Å². The molecule has 0 bridgehead atoms. The van der Waals surface area contributed by atoms with Crippen LogP contribution in [0.15, 0.2) is 43.0 Å². The van der Waals surface area contributed by atoms with Gasteiger partial charge in [0.05, 0.1) is 0 Å². The van der Waals surface area contributed by atoms with Gasteiger partial charge in [-0.1, -0.05) is 36.4 Å². The van der Waals surface area contributed by atoms with Crippen LogP contribution in [0.5, 0.6) is 0 Å². The first-order chi connectivity index (χ1) is 9.31. The minimum absolute atomic E-state index is 0.199. The maximum absolute atomic E-state index is 12.1. The van der Waals surface area contributed by atoms with Crippen molar-refractivity contribution in [3.05, 3.63) is 48.6 Å². The molecule has 1 aliphatic heterocycles. The standard InChI is InChI=1S/C16H21NO2/c1-2-8-15-11-6-7-12-17(15)16(18)19-13-14-9-4-3-5-10-14/h2-5,9-10,15H,1,6-8,11-13H2/t15-/m0/s1. The molecule has 1 aromatic rings. The Labute approximate surface area is 114 Å². The SMILES string of the molecule is C=CC[C@H]1CCCCN1C(=O)OCc1ccccc1. The Morgan fingerprint density at radius 1 is 1.37 bits per heavy atom. The van der Waals surface area contributed by atoms with Gasteiger partial charge in [0.25, 0.3) is 0 Å². The van der Waals surface area contributed by atoms with Crippen LogP contribution in [-0.4, -0.2) is 23.6 Å². The van der Waals surface area contributed by atoms with Crippen LogP contribution in [-0.2, 0) is 11.3 Å². The van der Waals surface area contributed by atoms with Crippen LogP contribution in [0.1, 0.15) is 31.2 Å². The number of hydrogen-bond donors (Lipinski definition) is 0. The number of rotatable bonds is 4. The second-order valence-electron chi connectivity index (χ2n) is 4.91. The molecule has 0 aliphatic carbocycles. The summed E-state index contributed by atoms with van der Waals surface area (Å²) in [5, 5.41) is 0. The number of benzene rings is 1. The summed E-state index contributed by atoms with van der Waals surface area (Å²) in [6.07, 6.45) is 5.82. The van der Waals surface area contributed by atoms with E-state index in [9.17, 15) is 4.79 Å². The summed E-state index contributed by atoms with van der Waals surface area (Å²) in [6, 6.07) is 10.0. The zero-order valence-corrected chi connectivity index (χ0v) is 11.3. The molecule has 19 heavy (non-hydrogen) atoms. The van der Waals surface area contributed by atoms with E-state index in [1.54, 1.807) is 0 Å². The average Bonchev–Trinajstić information content (AvgIpc) is 2.47. The quantitative estimate of drug-likeness (QED) is 0.771. The second kappa shape index (κ2) is 6.98. The van der Waals surface area contributed by atoms with Crippen molar-refractivity contribution >= 4 is 6.09 Å². The highest BCUT2D eigenvalue weighted by Gasteiger charge is 2.26. The Kier molecular flexibility index (Phi) is 5.01. The van der Waals surface area contributed by atoms with E-state index in [-0.39, 0.29) is 12.1 Å². The lowest BCUT2D eigenvalue weighted by Crippen LogP contribution is -2.43. The number of ether oxygens (including phenoxy) is 1. The molecule has 0 saturated carbocycles. The monoisotopic (exact) mass is 259 g/mol. The van der Waals surface area contributed by atoms with Gasteiger partial charge in [-0.15, -0.1) is 6.58 Å². The molecule has 1 heterocycles. The fourth-order valence-electron chi connectivity index (χ4n) is 2.48. The lowest BCUT2D eigenvalue weighted by molar-refractivity contribution is 0.0688. The third kappa shape index (κ3) is 3.85. The van der Waals surface area contributed by atoms with Gasteiger partial charge in [0.15, 0.2) is 0 Å². The van der Waals surface area contributed by atoms with E-state index in [0.29, 0.717) is 6.61 Å². The Hall–Kier alpha value is -1.77. The first-order valence-corrected chi connectivity index (χ1v) is 6.89. The van der Waals surface area contributed by atoms with Crippen LogP contribution in [0.3, 0.4) is 0 Å². The van der Waals surface area contributed by atoms with E-state index in [1.165, 1.54) is 6.42 Å². The number of carbonyl (C=O) groups is 1. The van der Waals surface area contributed by atoms with Crippen LogP contribution in [0.25, 0.3) is 0 Å².